The predicted molar refractivity (Wildman–Crippen MR) is 62.8 cm³/mol. The van der Waals surface area contributed by atoms with Crippen molar-refractivity contribution in [3.05, 3.63) is 0 Å². The molecule has 0 unspecified atom stereocenters. The van der Waals surface area contributed by atoms with E-state index < -0.39 is 5.54 Å². The van der Waals surface area contributed by atoms with Crippen LogP contribution in [0.5, 0.6) is 0 Å². The standard InChI is InChI=1S/C13H18N2O2/c1-17-10-12-5-3-7-15(12)11(16)13(14-10)6-2-4-9(13)8-12/h9H,2-8H2,1H3/t9-,12-,13-/m1/s1. The lowest BCUT2D eigenvalue weighted by molar-refractivity contribution is -0.149. The number of amides is 1. The molecular weight excluding hydrogens is 216 g/mol. The zero-order valence-corrected chi connectivity index (χ0v) is 10.2. The normalized spacial score (nSPS) is 46.9. The van der Waals surface area contributed by atoms with E-state index >= 15 is 0 Å². The minimum atomic E-state index is -0.433. The summed E-state index contributed by atoms with van der Waals surface area (Å²) in [6, 6.07) is 0. The summed E-state index contributed by atoms with van der Waals surface area (Å²) in [6.45, 7) is 0.898. The highest BCUT2D eigenvalue weighted by molar-refractivity contribution is 6.03. The van der Waals surface area contributed by atoms with Gasteiger partial charge in [0.25, 0.3) is 5.91 Å². The highest BCUT2D eigenvalue weighted by Gasteiger charge is 2.68. The largest absolute Gasteiger partial charge is 0.483 e. The number of carbonyl (C=O) groups excluding carboxylic acids is 1. The van der Waals surface area contributed by atoms with Crippen LogP contribution in [0.25, 0.3) is 0 Å². The maximum atomic E-state index is 12.7. The van der Waals surface area contributed by atoms with E-state index in [9.17, 15) is 4.79 Å². The lowest BCUT2D eigenvalue weighted by Gasteiger charge is -2.54. The Hall–Kier alpha value is -1.06. The number of hydrogen-bond acceptors (Lipinski definition) is 3. The summed E-state index contributed by atoms with van der Waals surface area (Å²) in [5, 5.41) is 0. The number of carbonyl (C=O) groups is 1. The van der Waals surface area contributed by atoms with Crippen LogP contribution in [-0.2, 0) is 9.53 Å². The number of methoxy groups -OCH3 is 1. The third-order valence-corrected chi connectivity index (χ3v) is 5.37. The van der Waals surface area contributed by atoms with Gasteiger partial charge in [0.05, 0.1) is 7.11 Å². The van der Waals surface area contributed by atoms with Crippen molar-refractivity contribution in [3.8, 4) is 0 Å². The molecule has 1 saturated carbocycles. The summed E-state index contributed by atoms with van der Waals surface area (Å²) in [6.07, 6.45) is 6.46. The third kappa shape index (κ3) is 0.893. The summed E-state index contributed by atoms with van der Waals surface area (Å²) >= 11 is 0. The summed E-state index contributed by atoms with van der Waals surface area (Å²) in [5.41, 5.74) is -0.597. The molecule has 2 bridgehead atoms. The molecule has 1 aliphatic carbocycles. The lowest BCUT2D eigenvalue weighted by atomic mass is 9.68. The fourth-order valence-electron chi connectivity index (χ4n) is 4.67. The first-order chi connectivity index (χ1) is 8.23. The number of hydrogen-bond donors (Lipinski definition) is 0. The van der Waals surface area contributed by atoms with Crippen molar-refractivity contribution in [2.24, 2.45) is 10.9 Å². The van der Waals surface area contributed by atoms with Gasteiger partial charge in [-0.3, -0.25) is 4.79 Å². The highest BCUT2D eigenvalue weighted by atomic mass is 16.5. The van der Waals surface area contributed by atoms with Crippen LogP contribution in [-0.4, -0.2) is 41.4 Å². The van der Waals surface area contributed by atoms with Gasteiger partial charge >= 0.3 is 0 Å². The second kappa shape index (κ2) is 2.85. The number of ether oxygens (including phenoxy) is 1. The smallest absolute Gasteiger partial charge is 0.251 e. The molecule has 0 N–H and O–H groups in total. The molecule has 0 aromatic rings. The van der Waals surface area contributed by atoms with Crippen molar-refractivity contribution in [1.29, 1.82) is 0 Å². The molecule has 0 aromatic heterocycles. The van der Waals surface area contributed by atoms with Gasteiger partial charge in [0.2, 0.25) is 5.90 Å². The maximum Gasteiger partial charge on any atom is 0.251 e. The van der Waals surface area contributed by atoms with Crippen LogP contribution < -0.4 is 0 Å². The Morgan fingerprint density at radius 3 is 3.12 bits per heavy atom. The van der Waals surface area contributed by atoms with Crippen LogP contribution >= 0.6 is 0 Å². The molecule has 0 aromatic carbocycles. The first-order valence-electron chi connectivity index (χ1n) is 6.69. The Kier molecular flexibility index (Phi) is 1.66. The average Bonchev–Trinajstić information content (AvgIpc) is 2.93. The van der Waals surface area contributed by atoms with E-state index in [0.29, 0.717) is 11.8 Å². The quantitative estimate of drug-likeness (QED) is 0.635. The van der Waals surface area contributed by atoms with Crippen molar-refractivity contribution in [1.82, 2.24) is 4.90 Å². The minimum Gasteiger partial charge on any atom is -0.483 e. The second-order valence-electron chi connectivity index (χ2n) is 5.93. The van der Waals surface area contributed by atoms with Crippen molar-refractivity contribution in [2.45, 2.75) is 49.6 Å². The van der Waals surface area contributed by atoms with Gasteiger partial charge in [-0.1, -0.05) is 6.42 Å². The summed E-state index contributed by atoms with van der Waals surface area (Å²) < 4.78 is 5.54. The van der Waals surface area contributed by atoms with E-state index in [2.05, 4.69) is 4.90 Å². The zero-order chi connectivity index (χ0) is 11.7. The minimum absolute atomic E-state index is 0.164. The number of rotatable bonds is 0. The molecule has 17 heavy (non-hydrogen) atoms. The molecule has 4 heterocycles. The van der Waals surface area contributed by atoms with Crippen LogP contribution in [0.4, 0.5) is 0 Å². The molecule has 3 atom stereocenters. The van der Waals surface area contributed by atoms with Crippen LogP contribution in [0, 0.1) is 5.92 Å². The second-order valence-corrected chi connectivity index (χ2v) is 5.93. The van der Waals surface area contributed by atoms with E-state index in [0.717, 1.165) is 44.5 Å². The Morgan fingerprint density at radius 2 is 2.29 bits per heavy atom. The van der Waals surface area contributed by atoms with Crippen LogP contribution in [0.15, 0.2) is 4.99 Å². The maximum absolute atomic E-state index is 12.7. The molecule has 3 fully saturated rings. The molecular formula is C13H18N2O2. The Morgan fingerprint density at radius 1 is 1.41 bits per heavy atom. The number of nitrogens with zero attached hydrogens (tertiary/aromatic N) is 2. The molecule has 5 rings (SSSR count). The van der Waals surface area contributed by atoms with E-state index in [1.807, 2.05) is 0 Å². The van der Waals surface area contributed by atoms with Gasteiger partial charge < -0.3 is 9.64 Å². The third-order valence-electron chi connectivity index (χ3n) is 5.37. The molecule has 4 aliphatic heterocycles. The SMILES string of the molecule is COC1=N[C@]23CCC[C@@H]2C[C@]12CCCN2C3=O. The molecule has 92 valence electrons. The summed E-state index contributed by atoms with van der Waals surface area (Å²) in [4.78, 5) is 19.6. The first-order valence-corrected chi connectivity index (χ1v) is 6.69. The predicted octanol–water partition coefficient (Wildman–Crippen LogP) is 1.35. The van der Waals surface area contributed by atoms with Gasteiger partial charge in [-0.05, 0) is 38.0 Å². The van der Waals surface area contributed by atoms with Gasteiger partial charge in [0.15, 0.2) is 0 Å². The van der Waals surface area contributed by atoms with Gasteiger partial charge in [0.1, 0.15) is 11.1 Å². The molecule has 5 aliphatic rings. The monoisotopic (exact) mass is 234 g/mol. The summed E-state index contributed by atoms with van der Waals surface area (Å²) in [7, 11) is 1.70. The van der Waals surface area contributed by atoms with Gasteiger partial charge in [-0.2, -0.15) is 0 Å². The molecule has 2 spiro atoms. The Bertz CT molecular complexity index is 433. The lowest BCUT2D eigenvalue weighted by Crippen LogP contribution is -2.70. The van der Waals surface area contributed by atoms with E-state index in [-0.39, 0.29) is 5.54 Å². The van der Waals surface area contributed by atoms with Crippen molar-refractivity contribution >= 4 is 11.8 Å². The van der Waals surface area contributed by atoms with Crippen LogP contribution in [0.2, 0.25) is 0 Å². The highest BCUT2D eigenvalue weighted by Crippen LogP contribution is 2.57. The Labute approximate surface area is 101 Å². The number of aliphatic imine (C=N–C) groups is 1. The molecule has 2 saturated heterocycles. The molecule has 4 heteroatoms. The van der Waals surface area contributed by atoms with Crippen LogP contribution in [0.3, 0.4) is 0 Å². The summed E-state index contributed by atoms with van der Waals surface area (Å²) in [5.74, 6) is 1.61. The molecule has 4 nitrogen and oxygen atoms in total. The van der Waals surface area contributed by atoms with Crippen LogP contribution in [0.1, 0.15) is 38.5 Å². The number of piperidine rings is 1. The molecule has 0 radical (unpaired) electrons. The topological polar surface area (TPSA) is 41.9 Å². The van der Waals surface area contributed by atoms with E-state index in [1.165, 1.54) is 6.42 Å². The van der Waals surface area contributed by atoms with Crippen molar-refractivity contribution < 1.29 is 9.53 Å². The van der Waals surface area contributed by atoms with E-state index in [4.69, 9.17) is 9.73 Å². The van der Waals surface area contributed by atoms with Gasteiger partial charge in [-0.25, -0.2) is 4.99 Å². The van der Waals surface area contributed by atoms with Crippen molar-refractivity contribution in [2.75, 3.05) is 13.7 Å². The average molecular weight is 234 g/mol. The fraction of sp³-hybridized carbons (Fsp3) is 0.846. The van der Waals surface area contributed by atoms with Crippen molar-refractivity contribution in [3.63, 3.8) is 0 Å². The van der Waals surface area contributed by atoms with E-state index in [1.54, 1.807) is 7.11 Å². The fourth-order valence-corrected chi connectivity index (χ4v) is 4.67. The molecule has 1 amide bonds. The Balaban J connectivity index is 1.94. The van der Waals surface area contributed by atoms with Gasteiger partial charge in [-0.15, -0.1) is 0 Å². The zero-order valence-electron chi connectivity index (χ0n) is 10.2. The van der Waals surface area contributed by atoms with Gasteiger partial charge in [0, 0.05) is 6.54 Å². The first kappa shape index (κ1) is 9.92.